The average Bonchev–Trinajstić information content (AvgIpc) is 2.80. The highest BCUT2D eigenvalue weighted by molar-refractivity contribution is 5.33. The molecule has 0 saturated carbocycles. The summed E-state index contributed by atoms with van der Waals surface area (Å²) < 4.78 is 24.7. The Hall–Kier alpha value is -1.48. The van der Waals surface area contributed by atoms with E-state index in [-0.39, 0.29) is 18.8 Å². The van der Waals surface area contributed by atoms with Crippen LogP contribution < -0.4 is 0 Å². The van der Waals surface area contributed by atoms with Gasteiger partial charge in [0.2, 0.25) is 0 Å². The molecule has 0 bridgehead atoms. The first-order valence-corrected chi connectivity index (χ1v) is 12.7. The van der Waals surface area contributed by atoms with Gasteiger partial charge in [0, 0.05) is 6.61 Å². The van der Waals surface area contributed by atoms with E-state index in [2.05, 4.69) is 6.92 Å². The number of halogens is 1. The lowest BCUT2D eigenvalue weighted by Gasteiger charge is -2.16. The predicted octanol–water partition coefficient (Wildman–Crippen LogP) is 7.07. The SMILES string of the molecule is CCCCCCCCCCCCCCCCOC[C@H](CO)OCc1cc(F)cc(C#N)c1. The largest absolute Gasteiger partial charge is 0.394 e. The average molecular weight is 450 g/mol. The zero-order valence-electron chi connectivity index (χ0n) is 20.1. The van der Waals surface area contributed by atoms with Crippen molar-refractivity contribution in [2.75, 3.05) is 19.8 Å². The molecule has 1 aromatic carbocycles. The van der Waals surface area contributed by atoms with E-state index in [1.807, 2.05) is 6.07 Å². The van der Waals surface area contributed by atoms with Crippen LogP contribution in [0.15, 0.2) is 18.2 Å². The highest BCUT2D eigenvalue weighted by atomic mass is 19.1. The summed E-state index contributed by atoms with van der Waals surface area (Å²) in [5.41, 5.74) is 0.838. The summed E-state index contributed by atoms with van der Waals surface area (Å²) >= 11 is 0. The van der Waals surface area contributed by atoms with Gasteiger partial charge in [0.05, 0.1) is 31.5 Å². The third kappa shape index (κ3) is 15.3. The van der Waals surface area contributed by atoms with E-state index in [1.165, 1.54) is 95.6 Å². The highest BCUT2D eigenvalue weighted by Crippen LogP contribution is 2.13. The molecule has 1 atom stereocenters. The zero-order chi connectivity index (χ0) is 23.3. The number of aliphatic hydroxyl groups excluding tert-OH is 1. The Morgan fingerprint density at radius 2 is 1.44 bits per heavy atom. The lowest BCUT2D eigenvalue weighted by molar-refractivity contribution is -0.0503. The fourth-order valence-corrected chi connectivity index (χ4v) is 3.78. The summed E-state index contributed by atoms with van der Waals surface area (Å²) in [6, 6.07) is 6.04. The van der Waals surface area contributed by atoms with Crippen molar-refractivity contribution in [2.24, 2.45) is 0 Å². The van der Waals surface area contributed by atoms with E-state index >= 15 is 0 Å². The molecular formula is C27H44FNO3. The molecule has 0 spiro atoms. The first kappa shape index (κ1) is 28.6. The summed E-state index contributed by atoms with van der Waals surface area (Å²) in [7, 11) is 0. The fourth-order valence-electron chi connectivity index (χ4n) is 3.78. The van der Waals surface area contributed by atoms with Gasteiger partial charge in [0.15, 0.2) is 0 Å². The number of ether oxygens (including phenoxy) is 2. The maximum atomic E-state index is 13.5. The van der Waals surface area contributed by atoms with Crippen LogP contribution in [0.25, 0.3) is 0 Å². The molecule has 1 N–H and O–H groups in total. The molecule has 0 aliphatic heterocycles. The van der Waals surface area contributed by atoms with Crippen LogP contribution in [0.2, 0.25) is 0 Å². The number of hydrogen-bond donors (Lipinski definition) is 1. The Kier molecular flexibility index (Phi) is 18.0. The molecule has 182 valence electrons. The van der Waals surface area contributed by atoms with Crippen LogP contribution in [0.5, 0.6) is 0 Å². The Labute approximate surface area is 195 Å². The Morgan fingerprint density at radius 3 is 1.97 bits per heavy atom. The Morgan fingerprint density at radius 1 is 0.875 bits per heavy atom. The summed E-state index contributed by atoms with van der Waals surface area (Å²) in [6.07, 6.45) is 18.1. The Balaban J connectivity index is 1.93. The van der Waals surface area contributed by atoms with Crippen molar-refractivity contribution in [3.63, 3.8) is 0 Å². The number of unbranched alkanes of at least 4 members (excludes halogenated alkanes) is 13. The molecular weight excluding hydrogens is 405 g/mol. The van der Waals surface area contributed by atoms with E-state index in [4.69, 9.17) is 14.7 Å². The normalized spacial score (nSPS) is 12.1. The van der Waals surface area contributed by atoms with Crippen molar-refractivity contribution in [2.45, 2.75) is 110 Å². The Bertz CT molecular complexity index is 617. The second kappa shape index (κ2) is 20.1. The standard InChI is InChI=1S/C27H44FNO3/c1-2-3-4-5-6-7-8-9-10-11-12-13-14-15-16-31-23-27(21-30)32-22-25-17-24(20-29)18-26(28)19-25/h17-19,27,30H,2-16,21-23H2,1H3/t27-/m0/s1. The maximum absolute atomic E-state index is 13.5. The lowest BCUT2D eigenvalue weighted by atomic mass is 10.0. The minimum Gasteiger partial charge on any atom is -0.394 e. The number of aliphatic hydroxyl groups is 1. The van der Waals surface area contributed by atoms with Crippen molar-refractivity contribution < 1.29 is 19.0 Å². The van der Waals surface area contributed by atoms with Crippen molar-refractivity contribution in [3.05, 3.63) is 35.1 Å². The number of benzene rings is 1. The molecule has 0 amide bonds. The summed E-state index contributed by atoms with van der Waals surface area (Å²) in [5.74, 6) is -0.461. The van der Waals surface area contributed by atoms with Gasteiger partial charge in [0.25, 0.3) is 0 Å². The number of nitriles is 1. The van der Waals surface area contributed by atoms with Crippen molar-refractivity contribution in [3.8, 4) is 6.07 Å². The van der Waals surface area contributed by atoms with Crippen molar-refractivity contribution in [1.82, 2.24) is 0 Å². The predicted molar refractivity (Wildman–Crippen MR) is 128 cm³/mol. The van der Waals surface area contributed by atoms with Crippen molar-refractivity contribution >= 4 is 0 Å². The lowest BCUT2D eigenvalue weighted by Crippen LogP contribution is -2.24. The second-order valence-electron chi connectivity index (χ2n) is 8.75. The van der Waals surface area contributed by atoms with Gasteiger partial charge in [-0.25, -0.2) is 4.39 Å². The van der Waals surface area contributed by atoms with Gasteiger partial charge in [-0.15, -0.1) is 0 Å². The van der Waals surface area contributed by atoms with Gasteiger partial charge >= 0.3 is 0 Å². The summed E-state index contributed by atoms with van der Waals surface area (Å²) in [5, 5.41) is 18.4. The minimum absolute atomic E-state index is 0.139. The van der Waals surface area contributed by atoms with E-state index < -0.39 is 11.9 Å². The third-order valence-electron chi connectivity index (χ3n) is 5.72. The minimum atomic E-state index is -0.461. The molecule has 1 rings (SSSR count). The fraction of sp³-hybridized carbons (Fsp3) is 0.741. The molecule has 0 aliphatic rings. The highest BCUT2D eigenvalue weighted by Gasteiger charge is 2.09. The monoisotopic (exact) mass is 449 g/mol. The van der Waals surface area contributed by atoms with E-state index in [0.29, 0.717) is 18.8 Å². The number of hydrogen-bond acceptors (Lipinski definition) is 4. The third-order valence-corrected chi connectivity index (χ3v) is 5.72. The van der Waals surface area contributed by atoms with E-state index in [1.54, 1.807) is 6.07 Å². The van der Waals surface area contributed by atoms with E-state index in [9.17, 15) is 9.50 Å². The van der Waals surface area contributed by atoms with Gasteiger partial charge in [-0.1, -0.05) is 90.4 Å². The molecule has 0 heterocycles. The molecule has 0 aliphatic carbocycles. The quantitative estimate of drug-likeness (QED) is 0.204. The number of nitrogens with zero attached hydrogens (tertiary/aromatic N) is 1. The van der Waals surface area contributed by atoms with Gasteiger partial charge < -0.3 is 14.6 Å². The summed E-state index contributed by atoms with van der Waals surface area (Å²) in [6.45, 7) is 3.23. The van der Waals surface area contributed by atoms with Crippen LogP contribution in [0.1, 0.15) is 108 Å². The van der Waals surface area contributed by atoms with Crippen LogP contribution in [-0.4, -0.2) is 31.0 Å². The summed E-state index contributed by atoms with van der Waals surface area (Å²) in [4.78, 5) is 0. The van der Waals surface area contributed by atoms with Gasteiger partial charge in [-0.2, -0.15) is 5.26 Å². The van der Waals surface area contributed by atoms with Crippen LogP contribution >= 0.6 is 0 Å². The first-order valence-electron chi connectivity index (χ1n) is 12.7. The molecule has 0 aromatic heterocycles. The van der Waals surface area contributed by atoms with Crippen LogP contribution in [0, 0.1) is 17.1 Å². The molecule has 32 heavy (non-hydrogen) atoms. The van der Waals surface area contributed by atoms with Crippen LogP contribution in [0.3, 0.4) is 0 Å². The smallest absolute Gasteiger partial charge is 0.124 e. The van der Waals surface area contributed by atoms with Crippen LogP contribution in [-0.2, 0) is 16.1 Å². The van der Waals surface area contributed by atoms with Gasteiger partial charge in [-0.3, -0.25) is 0 Å². The first-order chi connectivity index (χ1) is 15.7. The van der Waals surface area contributed by atoms with Crippen LogP contribution in [0.4, 0.5) is 4.39 Å². The molecule has 0 fully saturated rings. The van der Waals surface area contributed by atoms with Gasteiger partial charge in [-0.05, 0) is 30.2 Å². The second-order valence-corrected chi connectivity index (χ2v) is 8.75. The molecule has 1 aromatic rings. The zero-order valence-corrected chi connectivity index (χ0v) is 20.1. The molecule has 0 unspecified atom stereocenters. The number of rotatable bonds is 21. The maximum Gasteiger partial charge on any atom is 0.124 e. The molecule has 5 heteroatoms. The topological polar surface area (TPSA) is 62.5 Å². The van der Waals surface area contributed by atoms with E-state index in [0.717, 1.165) is 6.42 Å². The molecule has 0 saturated heterocycles. The van der Waals surface area contributed by atoms with Gasteiger partial charge in [0.1, 0.15) is 11.9 Å². The van der Waals surface area contributed by atoms with Crippen molar-refractivity contribution in [1.29, 1.82) is 5.26 Å². The molecule has 0 radical (unpaired) electrons. The molecule has 4 nitrogen and oxygen atoms in total.